The number of hydrogen-bond acceptors (Lipinski definition) is 3. The minimum atomic E-state index is 0.190. The van der Waals surface area contributed by atoms with Crippen LogP contribution in [0.2, 0.25) is 0 Å². The topological polar surface area (TPSA) is 30.5 Å². The van der Waals surface area contributed by atoms with E-state index in [4.69, 9.17) is 9.47 Å². The lowest BCUT2D eigenvalue weighted by Crippen LogP contribution is -2.18. The van der Waals surface area contributed by atoms with E-state index in [0.717, 1.165) is 18.0 Å². The summed E-state index contributed by atoms with van der Waals surface area (Å²) >= 11 is 0. The van der Waals surface area contributed by atoms with Gasteiger partial charge in [-0.05, 0) is 31.5 Å². The maximum atomic E-state index is 5.26. The van der Waals surface area contributed by atoms with Gasteiger partial charge in [0.05, 0.1) is 18.9 Å². The second kappa shape index (κ2) is 5.61. The summed E-state index contributed by atoms with van der Waals surface area (Å²) in [5, 5.41) is 3.31. The Labute approximate surface area is 91.4 Å². The zero-order chi connectivity index (χ0) is 11.3. The lowest BCUT2D eigenvalue weighted by molar-refractivity contribution is 0.128. The Balaban J connectivity index is 2.69. The van der Waals surface area contributed by atoms with E-state index in [1.807, 2.05) is 19.1 Å². The largest absolute Gasteiger partial charge is 0.495 e. The number of rotatable bonds is 5. The molecule has 0 heterocycles. The van der Waals surface area contributed by atoms with Crippen LogP contribution in [0, 0.1) is 6.92 Å². The molecule has 1 aromatic carbocycles. The summed E-state index contributed by atoms with van der Waals surface area (Å²) in [6.45, 7) is 4.86. The van der Waals surface area contributed by atoms with Crippen molar-refractivity contribution in [3.63, 3.8) is 0 Å². The van der Waals surface area contributed by atoms with Gasteiger partial charge in [0, 0.05) is 13.7 Å². The van der Waals surface area contributed by atoms with Gasteiger partial charge in [-0.15, -0.1) is 0 Å². The van der Waals surface area contributed by atoms with Gasteiger partial charge in [-0.2, -0.15) is 0 Å². The molecule has 0 aliphatic carbocycles. The van der Waals surface area contributed by atoms with E-state index in [0.29, 0.717) is 0 Å². The molecule has 1 unspecified atom stereocenters. The molecule has 0 aromatic heterocycles. The Morgan fingerprint density at radius 1 is 1.33 bits per heavy atom. The summed E-state index contributed by atoms with van der Waals surface area (Å²) in [5.41, 5.74) is 2.23. The predicted molar refractivity (Wildman–Crippen MR) is 62.7 cm³/mol. The highest BCUT2D eigenvalue weighted by Crippen LogP contribution is 2.24. The molecule has 0 aliphatic rings. The van der Waals surface area contributed by atoms with Crippen LogP contribution in [0.5, 0.6) is 5.75 Å². The van der Waals surface area contributed by atoms with Crippen LogP contribution in [-0.2, 0) is 4.74 Å². The molecular weight excluding hydrogens is 190 g/mol. The first kappa shape index (κ1) is 11.9. The molecular formula is C12H19NO2. The van der Waals surface area contributed by atoms with E-state index in [9.17, 15) is 0 Å². The first-order valence-electron chi connectivity index (χ1n) is 5.08. The molecule has 1 atom stereocenters. The Bertz CT molecular complexity index is 312. The van der Waals surface area contributed by atoms with E-state index >= 15 is 0 Å². The highest BCUT2D eigenvalue weighted by molar-refractivity contribution is 5.58. The SMILES string of the molecule is COc1ccc(C)cc1NCC(C)OC. The zero-order valence-electron chi connectivity index (χ0n) is 9.83. The van der Waals surface area contributed by atoms with E-state index in [2.05, 4.69) is 18.3 Å². The summed E-state index contributed by atoms with van der Waals surface area (Å²) < 4.78 is 10.4. The minimum Gasteiger partial charge on any atom is -0.495 e. The molecule has 1 aromatic rings. The third-order valence-corrected chi connectivity index (χ3v) is 2.34. The highest BCUT2D eigenvalue weighted by atomic mass is 16.5. The van der Waals surface area contributed by atoms with Crippen LogP contribution >= 0.6 is 0 Å². The third-order valence-electron chi connectivity index (χ3n) is 2.34. The molecule has 0 spiro atoms. The maximum Gasteiger partial charge on any atom is 0.141 e. The van der Waals surface area contributed by atoms with Gasteiger partial charge in [0.2, 0.25) is 0 Å². The Morgan fingerprint density at radius 3 is 2.67 bits per heavy atom. The lowest BCUT2D eigenvalue weighted by atomic mass is 10.2. The lowest BCUT2D eigenvalue weighted by Gasteiger charge is -2.15. The van der Waals surface area contributed by atoms with Crippen molar-refractivity contribution in [2.45, 2.75) is 20.0 Å². The van der Waals surface area contributed by atoms with Gasteiger partial charge in [0.25, 0.3) is 0 Å². The quantitative estimate of drug-likeness (QED) is 0.808. The molecule has 15 heavy (non-hydrogen) atoms. The first-order chi connectivity index (χ1) is 7.17. The third kappa shape index (κ3) is 3.44. The minimum absolute atomic E-state index is 0.190. The molecule has 0 radical (unpaired) electrons. The number of nitrogens with one attached hydrogen (secondary N) is 1. The number of anilines is 1. The Kier molecular flexibility index (Phi) is 4.43. The van der Waals surface area contributed by atoms with Crippen molar-refractivity contribution in [2.75, 3.05) is 26.1 Å². The van der Waals surface area contributed by atoms with E-state index in [1.165, 1.54) is 5.56 Å². The van der Waals surface area contributed by atoms with Crippen LogP contribution in [0.3, 0.4) is 0 Å². The van der Waals surface area contributed by atoms with Crippen molar-refractivity contribution in [3.05, 3.63) is 23.8 Å². The molecule has 0 bridgehead atoms. The Hall–Kier alpha value is -1.22. The van der Waals surface area contributed by atoms with Gasteiger partial charge in [-0.3, -0.25) is 0 Å². The van der Waals surface area contributed by atoms with Gasteiger partial charge in [0.1, 0.15) is 5.75 Å². The van der Waals surface area contributed by atoms with Crippen LogP contribution in [0.15, 0.2) is 18.2 Å². The van der Waals surface area contributed by atoms with Gasteiger partial charge in [-0.1, -0.05) is 6.07 Å². The van der Waals surface area contributed by atoms with E-state index in [1.54, 1.807) is 14.2 Å². The van der Waals surface area contributed by atoms with Crippen LogP contribution < -0.4 is 10.1 Å². The number of aryl methyl sites for hydroxylation is 1. The standard InChI is InChI=1S/C12H19NO2/c1-9-5-6-12(15-4)11(7-9)13-8-10(2)14-3/h5-7,10,13H,8H2,1-4H3. The van der Waals surface area contributed by atoms with Crippen molar-refractivity contribution in [2.24, 2.45) is 0 Å². The van der Waals surface area contributed by atoms with Gasteiger partial charge in [0.15, 0.2) is 0 Å². The molecule has 84 valence electrons. The van der Waals surface area contributed by atoms with Crippen molar-refractivity contribution in [3.8, 4) is 5.75 Å². The van der Waals surface area contributed by atoms with E-state index < -0.39 is 0 Å². The normalized spacial score (nSPS) is 12.3. The van der Waals surface area contributed by atoms with Gasteiger partial charge in [-0.25, -0.2) is 0 Å². The molecule has 0 amide bonds. The predicted octanol–water partition coefficient (Wildman–Crippen LogP) is 2.45. The highest BCUT2D eigenvalue weighted by Gasteiger charge is 2.04. The monoisotopic (exact) mass is 209 g/mol. The average Bonchev–Trinajstić information content (AvgIpc) is 2.26. The fourth-order valence-electron chi connectivity index (χ4n) is 1.30. The molecule has 0 saturated carbocycles. The van der Waals surface area contributed by atoms with E-state index in [-0.39, 0.29) is 6.10 Å². The number of benzene rings is 1. The molecule has 1 rings (SSSR count). The second-order valence-corrected chi connectivity index (χ2v) is 3.63. The second-order valence-electron chi connectivity index (χ2n) is 3.63. The van der Waals surface area contributed by atoms with Crippen LogP contribution in [-0.4, -0.2) is 26.9 Å². The molecule has 0 aliphatic heterocycles. The van der Waals surface area contributed by atoms with Crippen molar-refractivity contribution >= 4 is 5.69 Å². The molecule has 0 fully saturated rings. The number of methoxy groups -OCH3 is 2. The molecule has 3 nitrogen and oxygen atoms in total. The number of ether oxygens (including phenoxy) is 2. The Morgan fingerprint density at radius 2 is 2.07 bits per heavy atom. The fourth-order valence-corrected chi connectivity index (χ4v) is 1.30. The molecule has 0 saturated heterocycles. The van der Waals surface area contributed by atoms with Crippen molar-refractivity contribution < 1.29 is 9.47 Å². The summed E-state index contributed by atoms with van der Waals surface area (Å²) in [5.74, 6) is 0.865. The summed E-state index contributed by atoms with van der Waals surface area (Å²) in [6.07, 6.45) is 0.190. The number of hydrogen-bond donors (Lipinski definition) is 1. The van der Waals surface area contributed by atoms with Gasteiger partial charge < -0.3 is 14.8 Å². The molecule has 3 heteroatoms. The summed E-state index contributed by atoms with van der Waals surface area (Å²) in [4.78, 5) is 0. The molecule has 1 N–H and O–H groups in total. The zero-order valence-corrected chi connectivity index (χ0v) is 9.83. The van der Waals surface area contributed by atoms with Crippen LogP contribution in [0.1, 0.15) is 12.5 Å². The summed E-state index contributed by atoms with van der Waals surface area (Å²) in [7, 11) is 3.38. The van der Waals surface area contributed by atoms with Crippen molar-refractivity contribution in [1.29, 1.82) is 0 Å². The summed E-state index contributed by atoms with van der Waals surface area (Å²) in [6, 6.07) is 6.07. The smallest absolute Gasteiger partial charge is 0.141 e. The maximum absolute atomic E-state index is 5.26. The first-order valence-corrected chi connectivity index (χ1v) is 5.08. The van der Waals surface area contributed by atoms with Gasteiger partial charge >= 0.3 is 0 Å². The average molecular weight is 209 g/mol. The van der Waals surface area contributed by atoms with Crippen molar-refractivity contribution in [1.82, 2.24) is 0 Å². The van der Waals surface area contributed by atoms with Crippen LogP contribution in [0.4, 0.5) is 5.69 Å². The van der Waals surface area contributed by atoms with Crippen LogP contribution in [0.25, 0.3) is 0 Å². The fraction of sp³-hybridized carbons (Fsp3) is 0.500.